The third-order valence-corrected chi connectivity index (χ3v) is 15.7. The van der Waals surface area contributed by atoms with Crippen LogP contribution in [0.2, 0.25) is 0 Å². The van der Waals surface area contributed by atoms with Crippen LogP contribution in [0, 0.1) is 41.4 Å². The van der Waals surface area contributed by atoms with Gasteiger partial charge < -0.3 is 54.4 Å². The Bertz CT molecular complexity index is 1620. The topological polar surface area (TPSA) is 191 Å². The van der Waals surface area contributed by atoms with Gasteiger partial charge in [-0.15, -0.1) is 0 Å². The number of thiocarbonyl (C=S) groups is 1. The van der Waals surface area contributed by atoms with Crippen LogP contribution in [0.3, 0.4) is 0 Å². The van der Waals surface area contributed by atoms with Gasteiger partial charge in [0.25, 0.3) is 0 Å². The van der Waals surface area contributed by atoms with E-state index in [0.29, 0.717) is 57.8 Å². The summed E-state index contributed by atoms with van der Waals surface area (Å²) >= 11 is 5.67. The molecule has 0 saturated carbocycles. The number of ether oxygens (including phenoxy) is 6. The molecule has 4 saturated heterocycles. The second kappa shape index (κ2) is 20.5. The van der Waals surface area contributed by atoms with Crippen LogP contribution in [0.25, 0.3) is 0 Å². The molecule has 5 heterocycles. The lowest BCUT2D eigenvalue weighted by atomic mass is 9.72. The number of rotatable bonds is 16. The second-order valence-corrected chi connectivity index (χ2v) is 20.0. The highest BCUT2D eigenvalue weighted by Gasteiger charge is 2.63. The van der Waals surface area contributed by atoms with Gasteiger partial charge in [0.05, 0.1) is 60.4 Å². The highest BCUT2D eigenvalue weighted by atomic mass is 32.1. The molecule has 2 spiro atoms. The number of carbonyl (C=O) groups excluding carboxylic acids is 2. The SMILES string of the molecule is CCOC(=O)CNC(=S)N[C@@H]1C=C[C@]2(O[C@H](C(CC)C(=O)[C@@H](C)[C@@H](O)[C@H](C)[C@@H]3O[C@@H]([C@@H](CC)C(=O)O)CC[C@@H]3C)[C@@H](C)C[C@H]2C)O[C@@]12CC[C@@](C)([C@H]1CC[C@](O)(CC)[C@H](C)O1)O2. The summed E-state index contributed by atoms with van der Waals surface area (Å²) in [6, 6.07) is -0.605. The van der Waals surface area contributed by atoms with Gasteiger partial charge in [0.15, 0.2) is 16.7 Å². The molecule has 4 fully saturated rings. The Hall–Kier alpha value is -2.24. The van der Waals surface area contributed by atoms with E-state index in [-0.39, 0.29) is 47.9 Å². The number of nitrogens with one attached hydrogen (secondary N) is 2. The zero-order valence-corrected chi connectivity index (χ0v) is 40.0. The minimum Gasteiger partial charge on any atom is -0.481 e. The number of aliphatic hydroxyl groups excluding tert-OH is 1. The van der Waals surface area contributed by atoms with Crippen LogP contribution < -0.4 is 10.6 Å². The molecule has 62 heavy (non-hydrogen) atoms. The van der Waals surface area contributed by atoms with E-state index in [1.165, 1.54) is 0 Å². The van der Waals surface area contributed by atoms with E-state index < -0.39 is 94.9 Å². The van der Waals surface area contributed by atoms with Gasteiger partial charge in [-0.25, -0.2) is 0 Å². The second-order valence-electron chi connectivity index (χ2n) is 19.6. The summed E-state index contributed by atoms with van der Waals surface area (Å²) in [4.78, 5) is 38.9. The highest BCUT2D eigenvalue weighted by Crippen LogP contribution is 2.54. The summed E-state index contributed by atoms with van der Waals surface area (Å²) in [6.07, 6.45) is 6.55. The third-order valence-electron chi connectivity index (χ3n) is 15.5. The van der Waals surface area contributed by atoms with Crippen molar-refractivity contribution in [2.24, 2.45) is 41.4 Å². The number of ketones is 1. The maximum absolute atomic E-state index is 14.7. The van der Waals surface area contributed by atoms with Crippen LogP contribution >= 0.6 is 12.2 Å². The van der Waals surface area contributed by atoms with Gasteiger partial charge in [-0.2, -0.15) is 0 Å². The molecule has 18 atom stereocenters. The van der Waals surface area contributed by atoms with Crippen molar-refractivity contribution in [1.29, 1.82) is 0 Å². The maximum Gasteiger partial charge on any atom is 0.325 e. The van der Waals surface area contributed by atoms with E-state index >= 15 is 0 Å². The molecule has 5 aliphatic rings. The van der Waals surface area contributed by atoms with Crippen molar-refractivity contribution in [2.45, 2.75) is 206 Å². The molecule has 0 amide bonds. The molecule has 14 nitrogen and oxygen atoms in total. The van der Waals surface area contributed by atoms with E-state index in [1.54, 1.807) is 13.8 Å². The van der Waals surface area contributed by atoms with Gasteiger partial charge in [0, 0.05) is 30.1 Å². The fraction of sp³-hybridized carbons (Fsp3) is 0.872. The first-order valence-corrected chi connectivity index (χ1v) is 24.0. The predicted molar refractivity (Wildman–Crippen MR) is 237 cm³/mol. The lowest BCUT2D eigenvalue weighted by Crippen LogP contribution is -2.66. The van der Waals surface area contributed by atoms with E-state index in [2.05, 4.69) is 31.4 Å². The minimum atomic E-state index is -1.31. The first-order valence-electron chi connectivity index (χ1n) is 23.6. The molecular weight excluding hydrogens is 817 g/mol. The van der Waals surface area contributed by atoms with E-state index in [4.69, 9.17) is 40.6 Å². The van der Waals surface area contributed by atoms with Crippen LogP contribution in [-0.4, -0.2) is 117 Å². The minimum absolute atomic E-state index is 0.0246. The number of hydrogen-bond acceptors (Lipinski definition) is 12. The Balaban J connectivity index is 1.39. The van der Waals surface area contributed by atoms with Gasteiger partial charge in [-0.1, -0.05) is 61.5 Å². The quantitative estimate of drug-likeness (QED) is 0.0666. The van der Waals surface area contributed by atoms with E-state index in [1.807, 2.05) is 53.7 Å². The molecule has 5 N–H and O–H groups in total. The Morgan fingerprint density at radius 1 is 0.919 bits per heavy atom. The van der Waals surface area contributed by atoms with Gasteiger partial charge in [-0.05, 0) is 109 Å². The summed E-state index contributed by atoms with van der Waals surface area (Å²) in [5.41, 5.74) is -1.71. The lowest BCUT2D eigenvalue weighted by Gasteiger charge is -2.55. The largest absolute Gasteiger partial charge is 0.481 e. The van der Waals surface area contributed by atoms with Gasteiger partial charge >= 0.3 is 11.9 Å². The van der Waals surface area contributed by atoms with Crippen molar-refractivity contribution in [3.63, 3.8) is 0 Å². The molecule has 15 heteroatoms. The molecule has 0 aromatic rings. The summed E-state index contributed by atoms with van der Waals surface area (Å²) in [5.74, 6) is -6.44. The van der Waals surface area contributed by atoms with Crippen molar-refractivity contribution in [1.82, 2.24) is 10.6 Å². The molecule has 354 valence electrons. The number of esters is 1. The smallest absolute Gasteiger partial charge is 0.325 e. The van der Waals surface area contributed by atoms with E-state index in [0.717, 1.165) is 6.42 Å². The number of Topliss-reactive ketones (excluding diaryl/α,β-unsaturated/α-hetero) is 1. The Morgan fingerprint density at radius 3 is 2.23 bits per heavy atom. The number of aliphatic carboxylic acids is 1. The van der Waals surface area contributed by atoms with Crippen molar-refractivity contribution >= 4 is 35.1 Å². The summed E-state index contributed by atoms with van der Waals surface area (Å²) in [5, 5.41) is 39.5. The number of aliphatic hydroxyl groups is 2. The van der Waals surface area contributed by atoms with E-state index in [9.17, 15) is 29.7 Å². The van der Waals surface area contributed by atoms with Gasteiger partial charge in [0.1, 0.15) is 18.4 Å². The zero-order chi connectivity index (χ0) is 45.9. The normalized spacial score (nSPS) is 40.9. The highest BCUT2D eigenvalue weighted by molar-refractivity contribution is 7.80. The molecule has 5 rings (SSSR count). The van der Waals surface area contributed by atoms with Gasteiger partial charge in [-0.3, -0.25) is 14.4 Å². The maximum atomic E-state index is 14.7. The van der Waals surface area contributed by atoms with Crippen LogP contribution in [0.5, 0.6) is 0 Å². The van der Waals surface area contributed by atoms with Crippen molar-refractivity contribution in [2.75, 3.05) is 13.2 Å². The first-order chi connectivity index (χ1) is 29.1. The Labute approximate surface area is 375 Å². The molecule has 0 aromatic carbocycles. The van der Waals surface area contributed by atoms with Gasteiger partial charge in [0.2, 0.25) is 0 Å². The molecule has 0 aromatic heterocycles. The summed E-state index contributed by atoms with van der Waals surface area (Å²) in [6.45, 7) is 21.5. The predicted octanol–water partition coefficient (Wildman–Crippen LogP) is 6.22. The number of carbonyl (C=O) groups is 3. The summed E-state index contributed by atoms with van der Waals surface area (Å²) < 4.78 is 39.7. The van der Waals surface area contributed by atoms with Crippen molar-refractivity contribution in [3.8, 4) is 0 Å². The Kier molecular flexibility index (Phi) is 16.8. The molecule has 0 radical (unpaired) electrons. The van der Waals surface area contributed by atoms with Crippen LogP contribution in [-0.2, 0) is 42.8 Å². The van der Waals surface area contributed by atoms with Crippen LogP contribution in [0.4, 0.5) is 0 Å². The first kappa shape index (κ1) is 50.8. The number of hydrogen-bond donors (Lipinski definition) is 5. The fourth-order valence-electron chi connectivity index (χ4n) is 11.2. The van der Waals surface area contributed by atoms with Crippen molar-refractivity contribution < 1.29 is 58.1 Å². The monoisotopic (exact) mass is 895 g/mol. The standard InChI is InChI=1S/C47H78N2O12S/c1-12-32(42(53)54)34-17-16-26(5)40(58-34)30(9)38(51)29(8)39(52)33(13-2)41-27(6)24-28(7)46(59-41)21-18-35(49-43(62)48-25-37(50)56-15-4)47(61-46)23-22-44(11,60-47)36-19-20-45(55,14-3)31(10)57-36/h18,21,26-36,38,40-41,51,55H,12-17,19-20,22-25H2,1-11H3,(H,53,54)(H2,48,49,62)/t26-,27-,28+,29-,30-,31-,32+,33?,34+,35+,36+,38+,40+,41-,44-,45+,46-,47-/m0/s1. The van der Waals surface area contributed by atoms with Crippen LogP contribution in [0.1, 0.15) is 140 Å². The fourth-order valence-corrected chi connectivity index (χ4v) is 11.4. The third kappa shape index (κ3) is 10.4. The number of carboxylic acids is 1. The molecular formula is C47H78N2O12S. The summed E-state index contributed by atoms with van der Waals surface area (Å²) in [7, 11) is 0. The molecule has 1 unspecified atom stereocenters. The number of carboxylic acid groups (broad SMARTS) is 1. The lowest BCUT2D eigenvalue weighted by molar-refractivity contribution is -0.397. The zero-order valence-electron chi connectivity index (χ0n) is 39.1. The average molecular weight is 895 g/mol. The Morgan fingerprint density at radius 2 is 1.61 bits per heavy atom. The molecule has 5 aliphatic heterocycles. The average Bonchev–Trinajstić information content (AvgIpc) is 3.57. The van der Waals surface area contributed by atoms with Crippen LogP contribution in [0.15, 0.2) is 12.2 Å². The molecule has 0 aliphatic carbocycles. The van der Waals surface area contributed by atoms with Crippen molar-refractivity contribution in [3.05, 3.63) is 12.2 Å². The molecule has 0 bridgehead atoms.